The van der Waals surface area contributed by atoms with Crippen molar-refractivity contribution in [2.24, 2.45) is 5.73 Å². The second-order valence-corrected chi connectivity index (χ2v) is 8.12. The van der Waals surface area contributed by atoms with Crippen molar-refractivity contribution < 1.29 is 14.4 Å². The van der Waals surface area contributed by atoms with E-state index in [9.17, 15) is 14.4 Å². The standard InChI is InChI=1S/C20H20BrN7O3/c21-15-2-1-3-16(25-15)26-17(30)9-27(12-4-5-12)8-13(10-29)28-7-6-14-18(19(22)31)23-11-24-20(14)28/h1-3,6-7,10-13H,4-5,8-9H2,(H2,22,31)(H,25,26,30). The maximum Gasteiger partial charge on any atom is 0.268 e. The molecule has 2 amide bonds. The topological polar surface area (TPSA) is 136 Å². The minimum absolute atomic E-state index is 0.105. The first kappa shape index (κ1) is 21.1. The third-order valence-electron chi connectivity index (χ3n) is 5.07. The molecule has 160 valence electrons. The summed E-state index contributed by atoms with van der Waals surface area (Å²) in [6.45, 7) is 0.455. The summed E-state index contributed by atoms with van der Waals surface area (Å²) in [5, 5.41) is 3.27. The van der Waals surface area contributed by atoms with E-state index in [1.807, 2.05) is 4.90 Å². The normalized spacial score (nSPS) is 14.5. The Labute approximate surface area is 186 Å². The fourth-order valence-electron chi connectivity index (χ4n) is 3.50. The summed E-state index contributed by atoms with van der Waals surface area (Å²) in [5.41, 5.74) is 5.93. The van der Waals surface area contributed by atoms with E-state index in [-0.39, 0.29) is 24.2 Å². The van der Waals surface area contributed by atoms with Gasteiger partial charge >= 0.3 is 0 Å². The predicted octanol–water partition coefficient (Wildman–Crippen LogP) is 1.53. The summed E-state index contributed by atoms with van der Waals surface area (Å²) >= 11 is 3.28. The highest BCUT2D eigenvalue weighted by Gasteiger charge is 2.32. The van der Waals surface area contributed by atoms with Crippen LogP contribution in [-0.4, -0.2) is 61.7 Å². The van der Waals surface area contributed by atoms with Gasteiger partial charge in [-0.3, -0.25) is 14.5 Å². The summed E-state index contributed by atoms with van der Waals surface area (Å²) in [5.74, 6) is -0.419. The SMILES string of the molecule is NC(=O)c1ncnc2c1ccn2C(C=O)CN(CC(=O)Nc1cccc(Br)n1)C1CC1. The highest BCUT2D eigenvalue weighted by atomic mass is 79.9. The number of nitrogens with one attached hydrogen (secondary N) is 1. The van der Waals surface area contributed by atoms with E-state index in [2.05, 4.69) is 36.2 Å². The number of hydrogen-bond donors (Lipinski definition) is 2. The summed E-state index contributed by atoms with van der Waals surface area (Å²) in [4.78, 5) is 50.5. The molecule has 0 spiro atoms. The number of primary amides is 1. The summed E-state index contributed by atoms with van der Waals surface area (Å²) in [6.07, 6.45) is 5.68. The molecular formula is C20H20BrN7O3. The molecule has 3 aromatic heterocycles. The number of fused-ring (bicyclic) bond motifs is 1. The molecule has 0 bridgehead atoms. The lowest BCUT2D eigenvalue weighted by molar-refractivity contribution is -0.118. The van der Waals surface area contributed by atoms with E-state index < -0.39 is 11.9 Å². The van der Waals surface area contributed by atoms with E-state index in [1.165, 1.54) is 6.33 Å². The van der Waals surface area contributed by atoms with Crippen molar-refractivity contribution in [1.82, 2.24) is 24.4 Å². The molecule has 0 aliphatic heterocycles. The fourth-order valence-corrected chi connectivity index (χ4v) is 3.84. The molecular weight excluding hydrogens is 466 g/mol. The van der Waals surface area contributed by atoms with E-state index in [0.717, 1.165) is 19.1 Å². The Morgan fingerprint density at radius 1 is 1.32 bits per heavy atom. The maximum absolute atomic E-state index is 12.6. The van der Waals surface area contributed by atoms with Crippen LogP contribution in [0.15, 0.2) is 41.4 Å². The highest BCUT2D eigenvalue weighted by molar-refractivity contribution is 9.10. The molecule has 0 radical (unpaired) electrons. The van der Waals surface area contributed by atoms with Crippen molar-refractivity contribution >= 4 is 50.9 Å². The Hall–Kier alpha value is -3.18. The summed E-state index contributed by atoms with van der Waals surface area (Å²) < 4.78 is 2.31. The number of aromatic nitrogens is 4. The molecule has 1 fully saturated rings. The zero-order chi connectivity index (χ0) is 22.0. The summed E-state index contributed by atoms with van der Waals surface area (Å²) in [6, 6.07) is 6.58. The van der Waals surface area contributed by atoms with Crippen LogP contribution in [0.1, 0.15) is 29.4 Å². The van der Waals surface area contributed by atoms with Crippen molar-refractivity contribution in [3.63, 3.8) is 0 Å². The number of rotatable bonds is 9. The number of nitrogens with two attached hydrogens (primary N) is 1. The van der Waals surface area contributed by atoms with Crippen LogP contribution in [0.3, 0.4) is 0 Å². The number of carbonyl (C=O) groups is 3. The Kier molecular flexibility index (Phi) is 6.05. The van der Waals surface area contributed by atoms with Crippen LogP contribution in [0.5, 0.6) is 0 Å². The molecule has 3 aromatic rings. The maximum atomic E-state index is 12.6. The molecule has 1 unspecified atom stereocenters. The minimum atomic E-state index is -0.662. The van der Waals surface area contributed by atoms with Crippen molar-refractivity contribution in [1.29, 1.82) is 0 Å². The Morgan fingerprint density at radius 3 is 2.81 bits per heavy atom. The highest BCUT2D eigenvalue weighted by Crippen LogP contribution is 2.29. The van der Waals surface area contributed by atoms with Crippen molar-refractivity contribution in [2.75, 3.05) is 18.4 Å². The average Bonchev–Trinajstić information content (AvgIpc) is 3.50. The smallest absolute Gasteiger partial charge is 0.268 e. The number of nitrogens with zero attached hydrogens (tertiary/aromatic N) is 5. The largest absolute Gasteiger partial charge is 0.364 e. The number of pyridine rings is 1. The van der Waals surface area contributed by atoms with Crippen molar-refractivity contribution in [2.45, 2.75) is 24.9 Å². The third-order valence-corrected chi connectivity index (χ3v) is 5.51. The molecule has 3 N–H and O–H groups in total. The first-order chi connectivity index (χ1) is 15.0. The Bertz CT molecular complexity index is 1140. The average molecular weight is 486 g/mol. The van der Waals surface area contributed by atoms with Crippen LogP contribution in [0.2, 0.25) is 0 Å². The van der Waals surface area contributed by atoms with Gasteiger partial charge in [0.25, 0.3) is 5.91 Å². The first-order valence-electron chi connectivity index (χ1n) is 9.69. The minimum Gasteiger partial charge on any atom is -0.364 e. The van der Waals surface area contributed by atoms with Crippen molar-refractivity contribution in [3.8, 4) is 0 Å². The van der Waals surface area contributed by atoms with Gasteiger partial charge in [-0.25, -0.2) is 15.0 Å². The number of amides is 2. The third kappa shape index (κ3) is 4.78. The van der Waals surface area contributed by atoms with Gasteiger partial charge in [-0.05, 0) is 47.0 Å². The molecule has 11 heteroatoms. The van der Waals surface area contributed by atoms with E-state index in [4.69, 9.17) is 5.73 Å². The lowest BCUT2D eigenvalue weighted by Gasteiger charge is -2.25. The van der Waals surface area contributed by atoms with Crippen molar-refractivity contribution in [3.05, 3.63) is 47.1 Å². The van der Waals surface area contributed by atoms with Gasteiger partial charge in [0.2, 0.25) is 5.91 Å². The quantitative estimate of drug-likeness (QED) is 0.346. The zero-order valence-electron chi connectivity index (χ0n) is 16.4. The van der Waals surface area contributed by atoms with Crippen LogP contribution in [0.4, 0.5) is 5.82 Å². The molecule has 4 rings (SSSR count). The summed E-state index contributed by atoms with van der Waals surface area (Å²) in [7, 11) is 0. The number of hydrogen-bond acceptors (Lipinski definition) is 7. The van der Waals surface area contributed by atoms with Gasteiger partial charge in [-0.2, -0.15) is 0 Å². The van der Waals surface area contributed by atoms with Gasteiger partial charge in [0, 0.05) is 18.8 Å². The number of carbonyl (C=O) groups excluding carboxylic acids is 3. The van der Waals surface area contributed by atoms with Gasteiger partial charge in [-0.1, -0.05) is 6.07 Å². The molecule has 10 nitrogen and oxygen atoms in total. The van der Waals surface area contributed by atoms with Crippen LogP contribution in [-0.2, 0) is 9.59 Å². The van der Waals surface area contributed by atoms with Crippen LogP contribution >= 0.6 is 15.9 Å². The molecule has 1 aliphatic rings. The number of anilines is 1. The molecule has 3 heterocycles. The molecule has 0 saturated heterocycles. The zero-order valence-corrected chi connectivity index (χ0v) is 18.0. The number of aldehydes is 1. The first-order valence-corrected chi connectivity index (χ1v) is 10.5. The molecule has 31 heavy (non-hydrogen) atoms. The fraction of sp³-hybridized carbons (Fsp3) is 0.300. The lowest BCUT2D eigenvalue weighted by atomic mass is 10.2. The Morgan fingerprint density at radius 2 is 2.13 bits per heavy atom. The van der Waals surface area contributed by atoms with Gasteiger partial charge < -0.3 is 20.4 Å². The van der Waals surface area contributed by atoms with Gasteiger partial charge in [0.15, 0.2) is 0 Å². The molecule has 1 aliphatic carbocycles. The van der Waals surface area contributed by atoms with E-state index >= 15 is 0 Å². The van der Waals surface area contributed by atoms with Gasteiger partial charge in [0.05, 0.1) is 11.9 Å². The molecule has 1 atom stereocenters. The lowest BCUT2D eigenvalue weighted by Crippen LogP contribution is -2.39. The second-order valence-electron chi connectivity index (χ2n) is 7.30. The van der Waals surface area contributed by atoms with Crippen LogP contribution < -0.4 is 11.1 Å². The monoisotopic (exact) mass is 485 g/mol. The molecule has 1 saturated carbocycles. The Balaban J connectivity index is 1.51. The van der Waals surface area contributed by atoms with Gasteiger partial charge in [-0.15, -0.1) is 0 Å². The van der Waals surface area contributed by atoms with E-state index in [1.54, 1.807) is 35.0 Å². The van der Waals surface area contributed by atoms with Crippen LogP contribution in [0, 0.1) is 0 Å². The van der Waals surface area contributed by atoms with Crippen LogP contribution in [0.25, 0.3) is 11.0 Å². The molecule has 0 aromatic carbocycles. The van der Waals surface area contributed by atoms with Gasteiger partial charge in [0.1, 0.15) is 40.4 Å². The van der Waals surface area contributed by atoms with E-state index in [0.29, 0.717) is 28.0 Å². The predicted molar refractivity (Wildman–Crippen MR) is 116 cm³/mol. The number of halogens is 1. The second kappa shape index (κ2) is 8.90.